The zero-order valence-corrected chi connectivity index (χ0v) is 12.1. The minimum Gasteiger partial charge on any atom is -0.496 e. The largest absolute Gasteiger partial charge is 0.496 e. The molecule has 1 aromatic heterocycles. The fraction of sp³-hybridized carbons (Fsp3) is 0.312. The maximum absolute atomic E-state index is 11.9. The highest BCUT2D eigenvalue weighted by Crippen LogP contribution is 2.22. The Labute approximate surface area is 124 Å². The number of methoxy groups -OCH3 is 1. The molecule has 2 N–H and O–H groups in total. The van der Waals surface area contributed by atoms with Crippen molar-refractivity contribution < 1.29 is 14.6 Å². The Morgan fingerprint density at radius 3 is 2.76 bits per heavy atom. The molecule has 2 rings (SSSR count). The van der Waals surface area contributed by atoms with Crippen LogP contribution in [0.2, 0.25) is 0 Å². The number of aromatic nitrogens is 1. The van der Waals surface area contributed by atoms with E-state index in [2.05, 4.69) is 5.32 Å². The number of aliphatic hydroxyl groups is 1. The van der Waals surface area contributed by atoms with Crippen LogP contribution in [-0.4, -0.2) is 22.7 Å². The number of hydrogen-bond donors (Lipinski definition) is 2. The third-order valence-corrected chi connectivity index (χ3v) is 3.22. The van der Waals surface area contributed by atoms with Crippen molar-refractivity contribution in [3.8, 4) is 5.75 Å². The Morgan fingerprint density at radius 2 is 2.10 bits per heavy atom. The summed E-state index contributed by atoms with van der Waals surface area (Å²) in [5.74, 6) is 0.583. The fourth-order valence-corrected chi connectivity index (χ4v) is 2.14. The number of nitrogens with zero attached hydrogens (tertiary/aromatic N) is 1. The minimum atomic E-state index is -0.124. The van der Waals surface area contributed by atoms with E-state index in [0.717, 1.165) is 13.0 Å². The van der Waals surface area contributed by atoms with Crippen molar-refractivity contribution in [2.24, 2.45) is 0 Å². The van der Waals surface area contributed by atoms with Crippen molar-refractivity contribution >= 4 is 11.6 Å². The first-order valence-electron chi connectivity index (χ1n) is 6.91. The Bertz CT molecular complexity index is 579. The first-order chi connectivity index (χ1) is 10.2. The Hall–Kier alpha value is -2.27. The van der Waals surface area contributed by atoms with Crippen molar-refractivity contribution in [2.45, 2.75) is 26.0 Å². The van der Waals surface area contributed by atoms with Gasteiger partial charge in [0.2, 0.25) is 5.91 Å². The van der Waals surface area contributed by atoms with E-state index in [0.29, 0.717) is 23.4 Å². The molecule has 0 fully saturated rings. The second-order valence-corrected chi connectivity index (χ2v) is 4.76. The van der Waals surface area contributed by atoms with Crippen molar-refractivity contribution in [1.82, 2.24) is 4.57 Å². The van der Waals surface area contributed by atoms with Crippen LogP contribution in [0.4, 0.5) is 5.69 Å². The lowest BCUT2D eigenvalue weighted by molar-refractivity contribution is -0.116. The molecule has 0 atom stereocenters. The molecular weight excluding hydrogens is 268 g/mol. The second kappa shape index (κ2) is 7.50. The standard InChI is InChI=1S/C16H20N2O3/c1-21-15-7-6-14(11-13(15)12-19)17-16(20)5-4-10-18-8-2-3-9-18/h2-3,6-9,11,19H,4-5,10,12H2,1H3,(H,17,20). The third-order valence-electron chi connectivity index (χ3n) is 3.22. The first kappa shape index (κ1) is 15.1. The molecule has 1 aromatic carbocycles. The third kappa shape index (κ3) is 4.36. The van der Waals surface area contributed by atoms with Crippen molar-refractivity contribution in [2.75, 3.05) is 12.4 Å². The molecule has 112 valence electrons. The molecular formula is C16H20N2O3. The average molecular weight is 288 g/mol. The zero-order valence-electron chi connectivity index (χ0n) is 12.1. The predicted octanol–water partition coefficient (Wildman–Crippen LogP) is 2.41. The summed E-state index contributed by atoms with van der Waals surface area (Å²) in [6.07, 6.45) is 5.20. The zero-order chi connectivity index (χ0) is 15.1. The van der Waals surface area contributed by atoms with Gasteiger partial charge in [-0.1, -0.05) is 0 Å². The minimum absolute atomic E-state index is 0.0313. The summed E-state index contributed by atoms with van der Waals surface area (Å²) in [6, 6.07) is 9.16. The van der Waals surface area contributed by atoms with Gasteiger partial charge >= 0.3 is 0 Å². The summed E-state index contributed by atoms with van der Waals surface area (Å²) >= 11 is 0. The van der Waals surface area contributed by atoms with E-state index in [1.54, 1.807) is 25.3 Å². The first-order valence-corrected chi connectivity index (χ1v) is 6.91. The molecule has 0 saturated carbocycles. The quantitative estimate of drug-likeness (QED) is 0.822. The van der Waals surface area contributed by atoms with E-state index in [1.807, 2.05) is 29.1 Å². The number of carbonyl (C=O) groups is 1. The molecule has 1 heterocycles. The summed E-state index contributed by atoms with van der Waals surface area (Å²) < 4.78 is 7.17. The number of benzene rings is 1. The van der Waals surface area contributed by atoms with Crippen LogP contribution in [0.25, 0.3) is 0 Å². The van der Waals surface area contributed by atoms with Gasteiger partial charge in [0.1, 0.15) is 5.75 Å². The van der Waals surface area contributed by atoms with Gasteiger partial charge in [-0.2, -0.15) is 0 Å². The van der Waals surface area contributed by atoms with E-state index in [9.17, 15) is 9.90 Å². The lowest BCUT2D eigenvalue weighted by Crippen LogP contribution is -2.12. The molecule has 0 bridgehead atoms. The molecule has 5 nitrogen and oxygen atoms in total. The molecule has 2 aromatic rings. The smallest absolute Gasteiger partial charge is 0.224 e. The van der Waals surface area contributed by atoms with Crippen LogP contribution in [0.5, 0.6) is 5.75 Å². The van der Waals surface area contributed by atoms with Gasteiger partial charge in [0.15, 0.2) is 0 Å². The van der Waals surface area contributed by atoms with Gasteiger partial charge in [0, 0.05) is 36.6 Å². The van der Waals surface area contributed by atoms with Gasteiger partial charge in [-0.05, 0) is 36.8 Å². The van der Waals surface area contributed by atoms with E-state index < -0.39 is 0 Å². The highest BCUT2D eigenvalue weighted by atomic mass is 16.5. The molecule has 0 radical (unpaired) electrons. The molecule has 0 spiro atoms. The molecule has 0 saturated heterocycles. The second-order valence-electron chi connectivity index (χ2n) is 4.76. The van der Waals surface area contributed by atoms with Crippen LogP contribution in [0.1, 0.15) is 18.4 Å². The van der Waals surface area contributed by atoms with Crippen LogP contribution in [0, 0.1) is 0 Å². The summed E-state index contributed by atoms with van der Waals surface area (Å²) in [6.45, 7) is 0.700. The van der Waals surface area contributed by atoms with Crippen LogP contribution in [0.15, 0.2) is 42.7 Å². The van der Waals surface area contributed by atoms with Crippen LogP contribution >= 0.6 is 0 Å². The summed E-state index contributed by atoms with van der Waals surface area (Å²) in [4.78, 5) is 11.9. The number of amides is 1. The van der Waals surface area contributed by atoms with Gasteiger partial charge in [-0.25, -0.2) is 0 Å². The molecule has 21 heavy (non-hydrogen) atoms. The highest BCUT2D eigenvalue weighted by Gasteiger charge is 2.06. The molecule has 0 aliphatic rings. The van der Waals surface area contributed by atoms with E-state index in [1.165, 1.54) is 0 Å². The monoisotopic (exact) mass is 288 g/mol. The summed E-state index contributed by atoms with van der Waals surface area (Å²) in [5, 5.41) is 12.1. The number of anilines is 1. The number of aryl methyl sites for hydroxylation is 1. The maximum Gasteiger partial charge on any atom is 0.224 e. The lowest BCUT2D eigenvalue weighted by Gasteiger charge is -2.10. The van der Waals surface area contributed by atoms with Crippen LogP contribution < -0.4 is 10.1 Å². The summed E-state index contributed by atoms with van der Waals surface area (Å²) in [7, 11) is 1.55. The molecule has 0 unspecified atom stereocenters. The number of carbonyl (C=O) groups excluding carboxylic acids is 1. The highest BCUT2D eigenvalue weighted by molar-refractivity contribution is 5.90. The Morgan fingerprint density at radius 1 is 1.33 bits per heavy atom. The van der Waals surface area contributed by atoms with E-state index in [-0.39, 0.29) is 12.5 Å². The molecule has 1 amide bonds. The molecule has 5 heteroatoms. The van der Waals surface area contributed by atoms with Gasteiger partial charge in [-0.3, -0.25) is 4.79 Å². The average Bonchev–Trinajstić information content (AvgIpc) is 3.00. The topological polar surface area (TPSA) is 63.5 Å². The van der Waals surface area contributed by atoms with Crippen molar-refractivity contribution in [1.29, 1.82) is 0 Å². The number of nitrogens with one attached hydrogen (secondary N) is 1. The van der Waals surface area contributed by atoms with Gasteiger partial charge in [0.25, 0.3) is 0 Å². The molecule has 0 aliphatic carbocycles. The van der Waals surface area contributed by atoms with Gasteiger partial charge in [0.05, 0.1) is 13.7 Å². The Kier molecular flexibility index (Phi) is 5.40. The van der Waals surface area contributed by atoms with Gasteiger partial charge < -0.3 is 19.7 Å². The number of aliphatic hydroxyl groups excluding tert-OH is 1. The number of ether oxygens (including phenoxy) is 1. The van der Waals surface area contributed by atoms with Gasteiger partial charge in [-0.15, -0.1) is 0 Å². The van der Waals surface area contributed by atoms with Crippen LogP contribution in [0.3, 0.4) is 0 Å². The lowest BCUT2D eigenvalue weighted by atomic mass is 10.2. The van der Waals surface area contributed by atoms with E-state index >= 15 is 0 Å². The predicted molar refractivity (Wildman–Crippen MR) is 81.2 cm³/mol. The number of hydrogen-bond acceptors (Lipinski definition) is 3. The normalized spacial score (nSPS) is 10.4. The maximum atomic E-state index is 11.9. The number of rotatable bonds is 7. The summed E-state index contributed by atoms with van der Waals surface area (Å²) in [5.41, 5.74) is 1.33. The van der Waals surface area contributed by atoms with Crippen molar-refractivity contribution in [3.05, 3.63) is 48.3 Å². The fourth-order valence-electron chi connectivity index (χ4n) is 2.14. The Balaban J connectivity index is 1.84. The van der Waals surface area contributed by atoms with Crippen LogP contribution in [-0.2, 0) is 17.9 Å². The van der Waals surface area contributed by atoms with Crippen molar-refractivity contribution in [3.63, 3.8) is 0 Å². The molecule has 0 aliphatic heterocycles. The SMILES string of the molecule is COc1ccc(NC(=O)CCCn2cccc2)cc1CO. The van der Waals surface area contributed by atoms with E-state index in [4.69, 9.17) is 4.74 Å².